The number of terminal acetylenes is 1. The molecule has 0 saturated carbocycles. The fraction of sp³-hybridized carbons (Fsp3) is 0.700. The summed E-state index contributed by atoms with van der Waals surface area (Å²) in [6, 6.07) is 0. The molecule has 1 nitrogen and oxygen atoms in total. The van der Waals surface area contributed by atoms with Crippen molar-refractivity contribution in [1.29, 1.82) is 0 Å². The van der Waals surface area contributed by atoms with Gasteiger partial charge in [0, 0.05) is 17.6 Å². The highest BCUT2D eigenvalue weighted by atomic mass is 32.2. The van der Waals surface area contributed by atoms with E-state index >= 15 is 0 Å². The zero-order valence-electron chi connectivity index (χ0n) is 8.02. The van der Waals surface area contributed by atoms with Crippen LogP contribution in [-0.2, 0) is 4.79 Å². The molecule has 0 atom stereocenters. The fourth-order valence-corrected chi connectivity index (χ4v) is 1.32. The van der Waals surface area contributed by atoms with E-state index in [1.54, 1.807) is 11.8 Å². The molecule has 0 saturated heterocycles. The Morgan fingerprint density at radius 2 is 2.08 bits per heavy atom. The van der Waals surface area contributed by atoms with Crippen LogP contribution >= 0.6 is 11.8 Å². The minimum atomic E-state index is 0.172. The molecule has 68 valence electrons. The zero-order chi connectivity index (χ0) is 9.61. The molecule has 0 spiro atoms. The second kappa shape index (κ2) is 5.27. The normalized spacial score (nSPS) is 10.8. The van der Waals surface area contributed by atoms with Crippen LogP contribution in [0.25, 0.3) is 0 Å². The average molecular weight is 184 g/mol. The molecule has 0 aliphatic heterocycles. The van der Waals surface area contributed by atoms with Gasteiger partial charge in [-0.05, 0) is 0 Å². The van der Waals surface area contributed by atoms with Gasteiger partial charge in [-0.3, -0.25) is 4.79 Å². The van der Waals surface area contributed by atoms with Crippen LogP contribution < -0.4 is 0 Å². The number of Topliss-reactive ketones (excluding diaryl/α,β-unsaturated/α-hetero) is 1. The zero-order valence-corrected chi connectivity index (χ0v) is 8.83. The van der Waals surface area contributed by atoms with E-state index in [-0.39, 0.29) is 10.5 Å². The number of thioether (sulfide) groups is 1. The van der Waals surface area contributed by atoms with Crippen molar-refractivity contribution in [2.24, 2.45) is 0 Å². The quantitative estimate of drug-likeness (QED) is 0.624. The lowest BCUT2D eigenvalue weighted by atomic mass is 10.2. The molecule has 0 unspecified atom stereocenters. The van der Waals surface area contributed by atoms with Crippen molar-refractivity contribution in [3.8, 4) is 12.3 Å². The van der Waals surface area contributed by atoms with Crippen LogP contribution in [0.4, 0.5) is 0 Å². The SMILES string of the molecule is C#CCCC(=O)CSC(C)(C)C. The molecule has 0 rings (SSSR count). The van der Waals surface area contributed by atoms with Crippen LogP contribution in [0.1, 0.15) is 33.6 Å². The summed E-state index contributed by atoms with van der Waals surface area (Å²) in [6.07, 6.45) is 6.15. The third kappa shape index (κ3) is 7.68. The van der Waals surface area contributed by atoms with E-state index in [1.165, 1.54) is 0 Å². The van der Waals surface area contributed by atoms with Gasteiger partial charge in [-0.15, -0.1) is 24.1 Å². The van der Waals surface area contributed by atoms with Crippen LogP contribution in [0.15, 0.2) is 0 Å². The molecule has 0 fully saturated rings. The summed E-state index contributed by atoms with van der Waals surface area (Å²) in [5.41, 5.74) is 0. The lowest BCUT2D eigenvalue weighted by Gasteiger charge is -2.16. The molecule has 0 aromatic heterocycles. The average Bonchev–Trinajstić information content (AvgIpc) is 1.95. The molecule has 0 amide bonds. The molecule has 2 heteroatoms. The standard InChI is InChI=1S/C10H16OS/c1-5-6-7-9(11)8-12-10(2,3)4/h1H,6-8H2,2-4H3. The molecule has 0 aromatic carbocycles. The van der Waals surface area contributed by atoms with E-state index in [9.17, 15) is 4.79 Å². The fourth-order valence-electron chi connectivity index (χ4n) is 0.581. The van der Waals surface area contributed by atoms with Crippen LogP contribution in [0.5, 0.6) is 0 Å². The van der Waals surface area contributed by atoms with Crippen LogP contribution in [0.2, 0.25) is 0 Å². The minimum absolute atomic E-state index is 0.172. The van der Waals surface area contributed by atoms with E-state index in [2.05, 4.69) is 26.7 Å². The Hall–Kier alpha value is -0.420. The Balaban J connectivity index is 3.53. The van der Waals surface area contributed by atoms with Gasteiger partial charge in [0.05, 0.1) is 5.75 Å². The van der Waals surface area contributed by atoms with Gasteiger partial charge in [0.25, 0.3) is 0 Å². The molecule has 0 N–H and O–H groups in total. The number of ketones is 1. The smallest absolute Gasteiger partial charge is 0.143 e. The molecule has 12 heavy (non-hydrogen) atoms. The van der Waals surface area contributed by atoms with Crippen molar-refractivity contribution in [1.82, 2.24) is 0 Å². The summed E-state index contributed by atoms with van der Waals surface area (Å²) in [4.78, 5) is 11.1. The lowest BCUT2D eigenvalue weighted by Crippen LogP contribution is -2.12. The van der Waals surface area contributed by atoms with E-state index in [1.807, 2.05) is 0 Å². The monoisotopic (exact) mass is 184 g/mol. The van der Waals surface area contributed by atoms with Crippen LogP contribution in [0, 0.1) is 12.3 Å². The Bertz CT molecular complexity index is 183. The first-order chi connectivity index (χ1) is 5.45. The molecular weight excluding hydrogens is 168 g/mol. The Morgan fingerprint density at radius 3 is 2.50 bits per heavy atom. The third-order valence-corrected chi connectivity index (χ3v) is 2.55. The van der Waals surface area contributed by atoms with Crippen molar-refractivity contribution in [3.63, 3.8) is 0 Å². The Labute approximate surface area is 79.3 Å². The lowest BCUT2D eigenvalue weighted by molar-refractivity contribution is -0.116. The number of carbonyl (C=O) groups is 1. The van der Waals surface area contributed by atoms with Crippen molar-refractivity contribution < 1.29 is 4.79 Å². The maximum atomic E-state index is 11.1. The van der Waals surface area contributed by atoms with Gasteiger partial charge in [0.2, 0.25) is 0 Å². The summed E-state index contributed by atoms with van der Waals surface area (Å²) >= 11 is 1.67. The minimum Gasteiger partial charge on any atom is -0.299 e. The largest absolute Gasteiger partial charge is 0.299 e. The Morgan fingerprint density at radius 1 is 1.50 bits per heavy atom. The van der Waals surface area contributed by atoms with Gasteiger partial charge in [0.15, 0.2) is 0 Å². The van der Waals surface area contributed by atoms with Crippen molar-refractivity contribution in [2.75, 3.05) is 5.75 Å². The molecule has 0 aliphatic carbocycles. The van der Waals surface area contributed by atoms with Crippen LogP contribution in [-0.4, -0.2) is 16.3 Å². The van der Waals surface area contributed by atoms with E-state index < -0.39 is 0 Å². The number of carbonyl (C=O) groups excluding carboxylic acids is 1. The summed E-state index contributed by atoms with van der Waals surface area (Å²) in [5, 5.41) is 0. The van der Waals surface area contributed by atoms with E-state index in [0.717, 1.165) is 0 Å². The first kappa shape index (κ1) is 11.6. The molecule has 0 heterocycles. The topological polar surface area (TPSA) is 17.1 Å². The number of hydrogen-bond acceptors (Lipinski definition) is 2. The second-order valence-electron chi connectivity index (χ2n) is 3.64. The second-order valence-corrected chi connectivity index (χ2v) is 5.45. The summed E-state index contributed by atoms with van der Waals surface area (Å²) in [6.45, 7) is 6.31. The maximum absolute atomic E-state index is 11.1. The molecule has 0 aliphatic rings. The third-order valence-electron chi connectivity index (χ3n) is 1.21. The van der Waals surface area contributed by atoms with Gasteiger partial charge in [-0.2, -0.15) is 0 Å². The van der Waals surface area contributed by atoms with E-state index in [4.69, 9.17) is 6.42 Å². The number of hydrogen-bond donors (Lipinski definition) is 0. The number of rotatable bonds is 4. The van der Waals surface area contributed by atoms with Gasteiger partial charge < -0.3 is 0 Å². The summed E-state index contributed by atoms with van der Waals surface area (Å²) in [7, 11) is 0. The summed E-state index contributed by atoms with van der Waals surface area (Å²) < 4.78 is 0.172. The van der Waals surface area contributed by atoms with Gasteiger partial charge in [-0.25, -0.2) is 0 Å². The van der Waals surface area contributed by atoms with Crippen LogP contribution in [0.3, 0.4) is 0 Å². The maximum Gasteiger partial charge on any atom is 0.143 e. The van der Waals surface area contributed by atoms with Gasteiger partial charge in [-0.1, -0.05) is 20.8 Å². The highest BCUT2D eigenvalue weighted by molar-refractivity contribution is 8.01. The predicted octanol–water partition coefficient (Wildman–Crippen LogP) is 2.50. The molecular formula is C10H16OS. The van der Waals surface area contributed by atoms with Crippen molar-refractivity contribution in [3.05, 3.63) is 0 Å². The van der Waals surface area contributed by atoms with Crippen molar-refractivity contribution >= 4 is 17.5 Å². The predicted molar refractivity (Wildman–Crippen MR) is 55.3 cm³/mol. The first-order valence-electron chi connectivity index (χ1n) is 4.05. The van der Waals surface area contributed by atoms with E-state index in [0.29, 0.717) is 18.6 Å². The van der Waals surface area contributed by atoms with Crippen molar-refractivity contribution in [2.45, 2.75) is 38.4 Å². The first-order valence-corrected chi connectivity index (χ1v) is 5.03. The highest BCUT2D eigenvalue weighted by Gasteiger charge is 2.12. The Kier molecular flexibility index (Phi) is 5.08. The molecule has 0 bridgehead atoms. The highest BCUT2D eigenvalue weighted by Crippen LogP contribution is 2.23. The summed E-state index contributed by atoms with van der Waals surface area (Å²) in [5.74, 6) is 3.31. The van der Waals surface area contributed by atoms with Gasteiger partial charge >= 0.3 is 0 Å². The molecule has 0 aromatic rings. The molecule has 0 radical (unpaired) electrons. The van der Waals surface area contributed by atoms with Gasteiger partial charge in [0.1, 0.15) is 5.78 Å².